The number of aliphatic carboxylic acids is 1. The minimum Gasteiger partial charge on any atom is -0.478 e. The van der Waals surface area contributed by atoms with Gasteiger partial charge in [-0.1, -0.05) is 11.8 Å². The molecule has 70 valence electrons. The van der Waals surface area contributed by atoms with Gasteiger partial charge in [0.05, 0.1) is 0 Å². The van der Waals surface area contributed by atoms with E-state index in [1.807, 2.05) is 0 Å². The van der Waals surface area contributed by atoms with Crippen LogP contribution < -0.4 is 5.73 Å². The summed E-state index contributed by atoms with van der Waals surface area (Å²) in [7, 11) is 1.70. The van der Waals surface area contributed by atoms with Crippen LogP contribution >= 0.6 is 11.8 Å². The molecule has 7 heteroatoms. The lowest BCUT2D eigenvalue weighted by Crippen LogP contribution is -1.97. The van der Waals surface area contributed by atoms with Gasteiger partial charge >= 0.3 is 5.97 Å². The summed E-state index contributed by atoms with van der Waals surface area (Å²) in [6.45, 7) is 0. The molecule has 0 saturated carbocycles. The van der Waals surface area contributed by atoms with E-state index in [0.717, 1.165) is 17.8 Å². The largest absolute Gasteiger partial charge is 0.478 e. The van der Waals surface area contributed by atoms with E-state index in [0.29, 0.717) is 11.1 Å². The van der Waals surface area contributed by atoms with Crippen LogP contribution in [0.4, 0.5) is 5.95 Å². The minimum absolute atomic E-state index is 0.297. The van der Waals surface area contributed by atoms with Gasteiger partial charge < -0.3 is 10.8 Å². The lowest BCUT2D eigenvalue weighted by molar-refractivity contribution is -0.131. The average Bonchev–Trinajstić information content (AvgIpc) is 2.35. The molecule has 0 aliphatic carbocycles. The van der Waals surface area contributed by atoms with Crippen molar-refractivity contribution in [3.8, 4) is 0 Å². The summed E-state index contributed by atoms with van der Waals surface area (Å²) < 4.78 is 1.57. The first-order chi connectivity index (χ1) is 6.11. The van der Waals surface area contributed by atoms with Crippen LogP contribution in [-0.2, 0) is 11.8 Å². The number of nitrogens with two attached hydrogens (primary N) is 1. The predicted octanol–water partition coefficient (Wildman–Crippen LogP) is 0.0877. The molecule has 0 aliphatic rings. The quantitative estimate of drug-likeness (QED) is 0.530. The van der Waals surface area contributed by atoms with Gasteiger partial charge in [-0.15, -0.1) is 10.2 Å². The molecule has 0 aliphatic heterocycles. The van der Waals surface area contributed by atoms with Gasteiger partial charge in [0.1, 0.15) is 0 Å². The van der Waals surface area contributed by atoms with Crippen LogP contribution in [-0.4, -0.2) is 25.8 Å². The molecule has 0 radical (unpaired) electrons. The SMILES string of the molecule is Cn1c(N)nnc1SC=CC(=O)O. The summed E-state index contributed by atoms with van der Waals surface area (Å²) in [6, 6.07) is 0. The van der Waals surface area contributed by atoms with Crippen molar-refractivity contribution in [1.82, 2.24) is 14.8 Å². The molecule has 0 aromatic carbocycles. The monoisotopic (exact) mass is 200 g/mol. The molecular formula is C6H8N4O2S. The van der Waals surface area contributed by atoms with Crippen molar-refractivity contribution < 1.29 is 9.90 Å². The maximum Gasteiger partial charge on any atom is 0.328 e. The Morgan fingerprint density at radius 1 is 1.69 bits per heavy atom. The second-order valence-electron chi connectivity index (χ2n) is 2.16. The first-order valence-electron chi connectivity index (χ1n) is 3.32. The smallest absolute Gasteiger partial charge is 0.328 e. The van der Waals surface area contributed by atoms with E-state index >= 15 is 0 Å². The van der Waals surface area contributed by atoms with E-state index in [2.05, 4.69) is 10.2 Å². The second kappa shape index (κ2) is 3.94. The average molecular weight is 200 g/mol. The fourth-order valence-electron chi connectivity index (χ4n) is 0.582. The van der Waals surface area contributed by atoms with E-state index in [1.165, 1.54) is 5.41 Å². The van der Waals surface area contributed by atoms with Crippen molar-refractivity contribution >= 4 is 23.7 Å². The fraction of sp³-hybridized carbons (Fsp3) is 0.167. The third kappa shape index (κ3) is 2.48. The van der Waals surface area contributed by atoms with Crippen LogP contribution in [0.15, 0.2) is 16.6 Å². The van der Waals surface area contributed by atoms with Crippen molar-refractivity contribution in [2.24, 2.45) is 7.05 Å². The molecule has 0 saturated heterocycles. The van der Waals surface area contributed by atoms with E-state index in [9.17, 15) is 4.79 Å². The highest BCUT2D eigenvalue weighted by Gasteiger charge is 2.03. The molecule has 0 unspecified atom stereocenters. The number of nitrogen functional groups attached to an aromatic ring is 1. The summed E-state index contributed by atoms with van der Waals surface area (Å²) in [5, 5.41) is 17.6. The number of aromatic nitrogens is 3. The van der Waals surface area contributed by atoms with Gasteiger partial charge in [-0.05, 0) is 5.41 Å². The molecule has 1 aromatic rings. The molecule has 3 N–H and O–H groups in total. The van der Waals surface area contributed by atoms with E-state index in [-0.39, 0.29) is 0 Å². The molecule has 0 atom stereocenters. The Labute approximate surface area is 78.4 Å². The van der Waals surface area contributed by atoms with Crippen molar-refractivity contribution in [2.45, 2.75) is 5.16 Å². The summed E-state index contributed by atoms with van der Waals surface area (Å²) >= 11 is 1.14. The van der Waals surface area contributed by atoms with Crippen LogP contribution in [0.2, 0.25) is 0 Å². The van der Waals surface area contributed by atoms with Gasteiger partial charge in [0.15, 0.2) is 5.16 Å². The third-order valence-electron chi connectivity index (χ3n) is 1.25. The zero-order valence-corrected chi connectivity index (χ0v) is 7.65. The predicted molar refractivity (Wildman–Crippen MR) is 48.0 cm³/mol. The van der Waals surface area contributed by atoms with E-state index < -0.39 is 5.97 Å². The fourth-order valence-corrected chi connectivity index (χ4v) is 1.23. The molecule has 0 amide bonds. The Morgan fingerprint density at radius 2 is 2.38 bits per heavy atom. The number of rotatable bonds is 3. The van der Waals surface area contributed by atoms with Crippen molar-refractivity contribution in [2.75, 3.05) is 5.73 Å². The number of carboxylic acids is 1. The number of carbonyl (C=O) groups is 1. The van der Waals surface area contributed by atoms with Gasteiger partial charge in [0, 0.05) is 13.1 Å². The molecule has 0 spiro atoms. The van der Waals surface area contributed by atoms with Crippen molar-refractivity contribution in [3.63, 3.8) is 0 Å². The summed E-state index contributed by atoms with van der Waals surface area (Å²) in [6.07, 6.45) is 1.02. The molecule has 0 bridgehead atoms. The van der Waals surface area contributed by atoms with Crippen LogP contribution in [0.1, 0.15) is 0 Å². The van der Waals surface area contributed by atoms with Crippen LogP contribution in [0.25, 0.3) is 0 Å². The maximum absolute atomic E-state index is 10.1. The molecular weight excluding hydrogens is 192 g/mol. The van der Waals surface area contributed by atoms with Crippen molar-refractivity contribution in [3.05, 3.63) is 11.5 Å². The first kappa shape index (κ1) is 9.59. The Kier molecular flexibility index (Phi) is 2.91. The maximum atomic E-state index is 10.1. The summed E-state index contributed by atoms with van der Waals surface area (Å²) in [5.41, 5.74) is 5.41. The minimum atomic E-state index is -0.998. The Hall–Kier alpha value is -1.50. The normalized spacial score (nSPS) is 10.8. The number of carboxylic acid groups (broad SMARTS) is 1. The summed E-state index contributed by atoms with van der Waals surface area (Å²) in [5.74, 6) is -0.700. The standard InChI is InChI=1S/C6H8N4O2S/c1-10-5(7)8-9-6(10)13-3-2-4(11)12/h2-3H,1H3,(H2,7,8)(H,11,12). The lowest BCUT2D eigenvalue weighted by atomic mass is 10.7. The van der Waals surface area contributed by atoms with Crippen LogP contribution in [0.5, 0.6) is 0 Å². The van der Waals surface area contributed by atoms with Gasteiger partial charge in [0.2, 0.25) is 5.95 Å². The number of hydrogen-bond acceptors (Lipinski definition) is 5. The molecule has 1 rings (SSSR count). The Balaban J connectivity index is 2.65. The number of nitrogens with zero attached hydrogens (tertiary/aromatic N) is 3. The van der Waals surface area contributed by atoms with Crippen molar-refractivity contribution in [1.29, 1.82) is 0 Å². The zero-order valence-electron chi connectivity index (χ0n) is 6.84. The van der Waals surface area contributed by atoms with Gasteiger partial charge in [-0.2, -0.15) is 0 Å². The molecule has 1 heterocycles. The van der Waals surface area contributed by atoms with Crippen LogP contribution in [0, 0.1) is 0 Å². The topological polar surface area (TPSA) is 94.0 Å². The first-order valence-corrected chi connectivity index (χ1v) is 4.20. The molecule has 13 heavy (non-hydrogen) atoms. The molecule has 1 aromatic heterocycles. The van der Waals surface area contributed by atoms with E-state index in [1.54, 1.807) is 11.6 Å². The Bertz CT molecular complexity index is 346. The zero-order chi connectivity index (χ0) is 9.84. The number of thioether (sulfide) groups is 1. The van der Waals surface area contributed by atoms with Gasteiger partial charge in [0.25, 0.3) is 0 Å². The highest BCUT2D eigenvalue weighted by molar-refractivity contribution is 8.02. The Morgan fingerprint density at radius 3 is 2.85 bits per heavy atom. The van der Waals surface area contributed by atoms with Crippen LogP contribution in [0.3, 0.4) is 0 Å². The molecule has 0 fully saturated rings. The summed E-state index contributed by atoms with van der Waals surface area (Å²) in [4.78, 5) is 10.1. The second-order valence-corrected chi connectivity index (χ2v) is 3.03. The molecule has 6 nitrogen and oxygen atoms in total. The number of anilines is 1. The highest BCUT2D eigenvalue weighted by Crippen LogP contribution is 2.16. The third-order valence-corrected chi connectivity index (χ3v) is 2.09. The van der Waals surface area contributed by atoms with Gasteiger partial charge in [-0.25, -0.2) is 4.79 Å². The highest BCUT2D eigenvalue weighted by atomic mass is 32.2. The van der Waals surface area contributed by atoms with Gasteiger partial charge in [-0.3, -0.25) is 4.57 Å². The number of hydrogen-bond donors (Lipinski definition) is 2. The lowest BCUT2D eigenvalue weighted by Gasteiger charge is -1.94. The van der Waals surface area contributed by atoms with E-state index in [4.69, 9.17) is 10.8 Å².